The summed E-state index contributed by atoms with van der Waals surface area (Å²) in [6.07, 6.45) is 5.54. The second-order valence-electron chi connectivity index (χ2n) is 7.96. The van der Waals surface area contributed by atoms with Crippen LogP contribution in [0.25, 0.3) is 11.5 Å². The second kappa shape index (κ2) is 11.5. The first-order chi connectivity index (χ1) is 14.1. The number of rotatable bonds is 5. The predicted octanol–water partition coefficient (Wildman–Crippen LogP) is 3.21. The van der Waals surface area contributed by atoms with Crippen LogP contribution < -0.4 is 10.6 Å². The maximum Gasteiger partial charge on any atom is 0.255 e. The van der Waals surface area contributed by atoms with E-state index in [1.165, 1.54) is 0 Å². The van der Waals surface area contributed by atoms with Crippen LogP contribution in [0.15, 0.2) is 34.9 Å². The van der Waals surface area contributed by atoms with Gasteiger partial charge in [-0.15, -0.1) is 24.8 Å². The number of pyridine rings is 1. The van der Waals surface area contributed by atoms with Gasteiger partial charge in [-0.25, -0.2) is 4.98 Å². The summed E-state index contributed by atoms with van der Waals surface area (Å²) in [5.74, 6) is 1.07. The van der Waals surface area contributed by atoms with E-state index in [1.54, 1.807) is 6.26 Å². The third-order valence-corrected chi connectivity index (χ3v) is 5.84. The molecule has 0 aromatic carbocycles. The van der Waals surface area contributed by atoms with Gasteiger partial charge in [0.2, 0.25) is 5.91 Å². The Morgan fingerprint density at radius 2 is 2.06 bits per heavy atom. The van der Waals surface area contributed by atoms with Crippen molar-refractivity contribution >= 4 is 36.6 Å². The molecule has 2 aliphatic heterocycles. The maximum atomic E-state index is 13.1. The minimum atomic E-state index is -0.0577. The molecule has 0 spiro atoms. The van der Waals surface area contributed by atoms with Crippen LogP contribution in [-0.2, 0) is 4.79 Å². The van der Waals surface area contributed by atoms with Crippen molar-refractivity contribution in [2.24, 2.45) is 5.92 Å². The smallest absolute Gasteiger partial charge is 0.255 e. The molecule has 0 bridgehead atoms. The largest absolute Gasteiger partial charge is 0.463 e. The number of nitrogens with zero attached hydrogens (tertiary/aromatic N) is 2. The lowest BCUT2D eigenvalue weighted by Crippen LogP contribution is -2.46. The van der Waals surface area contributed by atoms with E-state index in [0.29, 0.717) is 30.1 Å². The molecule has 2 unspecified atom stereocenters. The van der Waals surface area contributed by atoms with Crippen molar-refractivity contribution in [3.8, 4) is 11.5 Å². The number of likely N-dealkylation sites (tertiary alicyclic amines) is 1. The zero-order valence-corrected chi connectivity index (χ0v) is 19.3. The summed E-state index contributed by atoms with van der Waals surface area (Å²) in [5, 5.41) is 6.29. The van der Waals surface area contributed by atoms with E-state index in [-0.39, 0.29) is 48.6 Å². The number of hydrogen-bond acceptors (Lipinski definition) is 5. The normalized spacial score (nSPS) is 20.5. The fraction of sp³-hybridized carbons (Fsp3) is 0.500. The molecule has 2 N–H and O–H groups in total. The van der Waals surface area contributed by atoms with Gasteiger partial charge >= 0.3 is 0 Å². The third-order valence-electron chi connectivity index (χ3n) is 5.84. The molecule has 2 aliphatic rings. The first-order valence-corrected chi connectivity index (χ1v) is 10.4. The highest BCUT2D eigenvalue weighted by Gasteiger charge is 2.27. The van der Waals surface area contributed by atoms with E-state index in [4.69, 9.17) is 4.42 Å². The Kier molecular flexibility index (Phi) is 9.34. The first-order valence-electron chi connectivity index (χ1n) is 10.4. The maximum absolute atomic E-state index is 13.1. The number of aryl methyl sites for hydroxylation is 1. The second-order valence-corrected chi connectivity index (χ2v) is 7.96. The number of amides is 2. The number of aromatic nitrogens is 1. The standard InChI is InChI=1S/C22H28N4O3.2ClH/c1-15-17(8-9-18(25-15)20-7-4-12-29-20)22(28)26-11-3-5-16(14-26)13-24-21(27)19-6-2-10-23-19;;/h4,7-9,12,16,19,23H,2-3,5-6,10-11,13-14H2,1H3,(H,24,27);2*1H. The molecule has 2 fully saturated rings. The van der Waals surface area contributed by atoms with Gasteiger partial charge in [0.15, 0.2) is 5.76 Å². The van der Waals surface area contributed by atoms with E-state index < -0.39 is 0 Å². The Bertz CT molecular complexity index is 870. The van der Waals surface area contributed by atoms with Gasteiger partial charge in [0, 0.05) is 19.6 Å². The van der Waals surface area contributed by atoms with E-state index in [9.17, 15) is 9.59 Å². The van der Waals surface area contributed by atoms with Crippen LogP contribution in [0.5, 0.6) is 0 Å². The summed E-state index contributed by atoms with van der Waals surface area (Å²) < 4.78 is 5.39. The van der Waals surface area contributed by atoms with Crippen molar-refractivity contribution in [1.82, 2.24) is 20.5 Å². The molecular formula is C22H30Cl2N4O3. The summed E-state index contributed by atoms with van der Waals surface area (Å²) in [7, 11) is 0. The predicted molar refractivity (Wildman–Crippen MR) is 124 cm³/mol. The monoisotopic (exact) mass is 468 g/mol. The van der Waals surface area contributed by atoms with Crippen LogP contribution in [0.3, 0.4) is 0 Å². The summed E-state index contributed by atoms with van der Waals surface area (Å²) in [6.45, 7) is 4.80. The summed E-state index contributed by atoms with van der Waals surface area (Å²) in [6, 6.07) is 7.28. The number of piperidine rings is 1. The number of furan rings is 1. The number of carbonyl (C=O) groups excluding carboxylic acids is 2. The third kappa shape index (κ3) is 5.99. The quantitative estimate of drug-likeness (QED) is 0.703. The zero-order chi connectivity index (χ0) is 20.2. The van der Waals surface area contributed by atoms with Gasteiger partial charge in [0.1, 0.15) is 5.69 Å². The molecule has 7 nitrogen and oxygen atoms in total. The van der Waals surface area contributed by atoms with E-state index in [0.717, 1.165) is 44.5 Å². The molecular weight excluding hydrogens is 439 g/mol. The lowest BCUT2D eigenvalue weighted by molar-refractivity contribution is -0.123. The van der Waals surface area contributed by atoms with Crippen LogP contribution in [0.1, 0.15) is 41.7 Å². The van der Waals surface area contributed by atoms with Gasteiger partial charge in [-0.1, -0.05) is 0 Å². The van der Waals surface area contributed by atoms with Crippen molar-refractivity contribution in [2.75, 3.05) is 26.2 Å². The molecule has 0 aliphatic carbocycles. The van der Waals surface area contributed by atoms with Gasteiger partial charge in [-0.05, 0) is 69.3 Å². The number of halogens is 2. The topological polar surface area (TPSA) is 87.5 Å². The molecule has 31 heavy (non-hydrogen) atoms. The SMILES string of the molecule is Cc1nc(-c2ccco2)ccc1C(=O)N1CCCC(CNC(=O)C2CCCN2)C1.Cl.Cl. The lowest BCUT2D eigenvalue weighted by atomic mass is 9.97. The molecule has 2 amide bonds. The van der Waals surface area contributed by atoms with Crippen molar-refractivity contribution in [3.05, 3.63) is 41.8 Å². The molecule has 2 aromatic rings. The molecule has 0 saturated carbocycles. The lowest BCUT2D eigenvalue weighted by Gasteiger charge is -2.33. The molecule has 0 radical (unpaired) electrons. The number of carbonyl (C=O) groups is 2. The average Bonchev–Trinajstić information content (AvgIpc) is 3.46. The summed E-state index contributed by atoms with van der Waals surface area (Å²) in [4.78, 5) is 31.7. The van der Waals surface area contributed by atoms with Crippen LogP contribution in [-0.4, -0.2) is 53.9 Å². The molecule has 170 valence electrons. The molecule has 4 heterocycles. The van der Waals surface area contributed by atoms with Crippen LogP contribution in [0, 0.1) is 12.8 Å². The Morgan fingerprint density at radius 3 is 2.74 bits per heavy atom. The highest BCUT2D eigenvalue weighted by Crippen LogP contribution is 2.22. The number of nitrogens with one attached hydrogen (secondary N) is 2. The molecule has 2 saturated heterocycles. The van der Waals surface area contributed by atoms with Gasteiger partial charge in [0.25, 0.3) is 5.91 Å². The van der Waals surface area contributed by atoms with Crippen LogP contribution in [0.2, 0.25) is 0 Å². The fourth-order valence-corrected chi connectivity index (χ4v) is 4.21. The average molecular weight is 469 g/mol. The van der Waals surface area contributed by atoms with Crippen LogP contribution in [0.4, 0.5) is 0 Å². The Balaban J connectivity index is 0.00000171. The Labute approximate surface area is 195 Å². The van der Waals surface area contributed by atoms with Crippen molar-refractivity contribution in [1.29, 1.82) is 0 Å². The van der Waals surface area contributed by atoms with Gasteiger partial charge < -0.3 is 20.0 Å². The highest BCUT2D eigenvalue weighted by molar-refractivity contribution is 5.95. The minimum absolute atomic E-state index is 0. The Hall–Kier alpha value is -2.09. The fourth-order valence-electron chi connectivity index (χ4n) is 4.21. The molecule has 2 aromatic heterocycles. The molecule has 4 rings (SSSR count). The van der Waals surface area contributed by atoms with Gasteiger partial charge in [-0.3, -0.25) is 9.59 Å². The summed E-state index contributed by atoms with van der Waals surface area (Å²) in [5.41, 5.74) is 2.05. The van der Waals surface area contributed by atoms with Crippen molar-refractivity contribution in [2.45, 2.75) is 38.6 Å². The van der Waals surface area contributed by atoms with E-state index >= 15 is 0 Å². The summed E-state index contributed by atoms with van der Waals surface area (Å²) >= 11 is 0. The Morgan fingerprint density at radius 1 is 1.23 bits per heavy atom. The van der Waals surface area contributed by atoms with Gasteiger partial charge in [0.05, 0.1) is 23.6 Å². The molecule has 2 atom stereocenters. The van der Waals surface area contributed by atoms with Crippen molar-refractivity contribution in [3.63, 3.8) is 0 Å². The first kappa shape index (κ1) is 25.2. The highest BCUT2D eigenvalue weighted by atomic mass is 35.5. The van der Waals surface area contributed by atoms with Crippen molar-refractivity contribution < 1.29 is 14.0 Å². The van der Waals surface area contributed by atoms with E-state index in [2.05, 4.69) is 15.6 Å². The van der Waals surface area contributed by atoms with Crippen LogP contribution >= 0.6 is 24.8 Å². The minimum Gasteiger partial charge on any atom is -0.463 e. The van der Waals surface area contributed by atoms with Gasteiger partial charge in [-0.2, -0.15) is 0 Å². The van der Waals surface area contributed by atoms with E-state index in [1.807, 2.05) is 36.1 Å². The number of hydrogen-bond donors (Lipinski definition) is 2. The molecule has 9 heteroatoms. The zero-order valence-electron chi connectivity index (χ0n) is 17.6.